The topological polar surface area (TPSA) is 92.4 Å². The van der Waals surface area contributed by atoms with Gasteiger partial charge in [-0.05, 0) is 12.2 Å². The number of rotatable bonds is 3. The number of hydrogen-bond acceptors (Lipinski definition) is 4. The van der Waals surface area contributed by atoms with Crippen LogP contribution in [-0.4, -0.2) is 40.6 Å². The summed E-state index contributed by atoms with van der Waals surface area (Å²) in [5.41, 5.74) is 3.54. The van der Waals surface area contributed by atoms with Gasteiger partial charge in [0.1, 0.15) is 0 Å². The largest absolute Gasteiger partial charge is 0.379 e. The Labute approximate surface area is 80.1 Å². The van der Waals surface area contributed by atoms with Crippen LogP contribution in [0.15, 0.2) is 0 Å². The number of nitrogens with two attached hydrogens (primary N) is 1. The van der Waals surface area contributed by atoms with Crippen molar-refractivity contribution in [2.24, 2.45) is 5.73 Å². The Morgan fingerprint density at radius 2 is 2.31 bits per heavy atom. The zero-order chi connectivity index (χ0) is 9.90. The molecule has 1 aliphatic heterocycles. The van der Waals surface area contributed by atoms with Crippen molar-refractivity contribution >= 4 is 23.6 Å². The molecule has 0 radical (unpaired) electrons. The SMILES string of the molecule is NC(=O)CNC(=O)C1(O)CCSC1. The fourth-order valence-electron chi connectivity index (χ4n) is 1.07. The van der Waals surface area contributed by atoms with Crippen molar-refractivity contribution in [2.45, 2.75) is 12.0 Å². The number of hydrogen-bond donors (Lipinski definition) is 3. The quantitative estimate of drug-likeness (QED) is 0.519. The lowest BCUT2D eigenvalue weighted by molar-refractivity contribution is -0.138. The van der Waals surface area contributed by atoms with Crippen molar-refractivity contribution in [3.05, 3.63) is 0 Å². The van der Waals surface area contributed by atoms with Crippen molar-refractivity contribution in [3.8, 4) is 0 Å². The zero-order valence-electron chi connectivity index (χ0n) is 7.08. The predicted molar refractivity (Wildman–Crippen MR) is 49.1 cm³/mol. The summed E-state index contributed by atoms with van der Waals surface area (Å²) in [7, 11) is 0. The highest BCUT2D eigenvalue weighted by Crippen LogP contribution is 2.27. The summed E-state index contributed by atoms with van der Waals surface area (Å²) in [6.07, 6.45) is 0.433. The normalized spacial score (nSPS) is 27.2. The van der Waals surface area contributed by atoms with Gasteiger partial charge < -0.3 is 16.2 Å². The highest BCUT2D eigenvalue weighted by atomic mass is 32.2. The molecule has 13 heavy (non-hydrogen) atoms. The molecule has 4 N–H and O–H groups in total. The molecule has 1 heterocycles. The van der Waals surface area contributed by atoms with Gasteiger partial charge in [-0.1, -0.05) is 0 Å². The van der Waals surface area contributed by atoms with Gasteiger partial charge in [0.25, 0.3) is 5.91 Å². The third-order valence-corrected chi connectivity index (χ3v) is 3.02. The minimum Gasteiger partial charge on any atom is -0.379 e. The first-order chi connectivity index (χ1) is 6.04. The van der Waals surface area contributed by atoms with Crippen LogP contribution in [-0.2, 0) is 9.59 Å². The Morgan fingerprint density at radius 3 is 2.77 bits per heavy atom. The van der Waals surface area contributed by atoms with E-state index in [2.05, 4.69) is 5.32 Å². The van der Waals surface area contributed by atoms with E-state index in [1.165, 1.54) is 11.8 Å². The standard InChI is InChI=1S/C7H12N2O3S/c8-5(10)3-9-6(11)7(12)1-2-13-4-7/h12H,1-4H2,(H2,8,10)(H,9,11). The van der Waals surface area contributed by atoms with E-state index >= 15 is 0 Å². The lowest BCUT2D eigenvalue weighted by Gasteiger charge is -2.19. The van der Waals surface area contributed by atoms with Gasteiger partial charge in [0.05, 0.1) is 6.54 Å². The van der Waals surface area contributed by atoms with Crippen molar-refractivity contribution < 1.29 is 14.7 Å². The van der Waals surface area contributed by atoms with Gasteiger partial charge in [0, 0.05) is 5.75 Å². The minimum absolute atomic E-state index is 0.216. The fraction of sp³-hybridized carbons (Fsp3) is 0.714. The van der Waals surface area contributed by atoms with Gasteiger partial charge in [-0.15, -0.1) is 0 Å². The van der Waals surface area contributed by atoms with Crippen LogP contribution in [0.5, 0.6) is 0 Å². The molecule has 0 bridgehead atoms. The second-order valence-corrected chi connectivity index (χ2v) is 4.09. The summed E-state index contributed by atoms with van der Waals surface area (Å²) in [6, 6.07) is 0. The molecule has 0 aromatic heterocycles. The maximum atomic E-state index is 11.3. The fourth-order valence-corrected chi connectivity index (χ4v) is 2.30. The molecular formula is C7H12N2O3S. The van der Waals surface area contributed by atoms with Gasteiger partial charge in [-0.2, -0.15) is 11.8 Å². The summed E-state index contributed by atoms with van der Waals surface area (Å²) < 4.78 is 0. The number of carbonyl (C=O) groups excluding carboxylic acids is 2. The smallest absolute Gasteiger partial charge is 0.253 e. The van der Waals surface area contributed by atoms with E-state index < -0.39 is 17.4 Å². The third kappa shape index (κ3) is 2.60. The van der Waals surface area contributed by atoms with Gasteiger partial charge in [0.2, 0.25) is 5.91 Å². The molecule has 74 valence electrons. The van der Waals surface area contributed by atoms with Crippen LogP contribution in [0.3, 0.4) is 0 Å². The molecule has 1 atom stereocenters. The van der Waals surface area contributed by atoms with Crippen molar-refractivity contribution in [1.29, 1.82) is 0 Å². The first-order valence-electron chi connectivity index (χ1n) is 3.91. The van der Waals surface area contributed by atoms with E-state index in [1.54, 1.807) is 0 Å². The first kappa shape index (κ1) is 10.3. The van der Waals surface area contributed by atoms with Crippen LogP contribution < -0.4 is 11.1 Å². The Bertz CT molecular complexity index is 226. The molecule has 5 nitrogen and oxygen atoms in total. The Hall–Kier alpha value is -0.750. The van der Waals surface area contributed by atoms with Gasteiger partial charge in [-0.25, -0.2) is 0 Å². The summed E-state index contributed by atoms with van der Waals surface area (Å²) in [4.78, 5) is 21.6. The molecule has 1 fully saturated rings. The van der Waals surface area contributed by atoms with Crippen molar-refractivity contribution in [1.82, 2.24) is 5.32 Å². The van der Waals surface area contributed by atoms with E-state index in [0.717, 1.165) is 5.75 Å². The van der Waals surface area contributed by atoms with Gasteiger partial charge in [-0.3, -0.25) is 9.59 Å². The van der Waals surface area contributed by atoms with Crippen LogP contribution in [0, 0.1) is 0 Å². The zero-order valence-corrected chi connectivity index (χ0v) is 7.89. The number of aliphatic hydroxyl groups is 1. The molecule has 0 aromatic carbocycles. The highest BCUT2D eigenvalue weighted by Gasteiger charge is 2.39. The highest BCUT2D eigenvalue weighted by molar-refractivity contribution is 7.99. The molecule has 1 aliphatic rings. The second kappa shape index (κ2) is 3.97. The first-order valence-corrected chi connectivity index (χ1v) is 5.07. The van der Waals surface area contributed by atoms with Crippen molar-refractivity contribution in [2.75, 3.05) is 18.1 Å². The maximum absolute atomic E-state index is 11.3. The van der Waals surface area contributed by atoms with Gasteiger partial charge in [0.15, 0.2) is 5.60 Å². The van der Waals surface area contributed by atoms with Crippen molar-refractivity contribution in [3.63, 3.8) is 0 Å². The molecule has 0 saturated carbocycles. The van der Waals surface area contributed by atoms with E-state index in [0.29, 0.717) is 12.2 Å². The lowest BCUT2D eigenvalue weighted by atomic mass is 10.0. The summed E-state index contributed by atoms with van der Waals surface area (Å²) >= 11 is 1.52. The average molecular weight is 204 g/mol. The number of thioether (sulfide) groups is 1. The van der Waals surface area contributed by atoms with E-state index in [-0.39, 0.29) is 6.54 Å². The molecule has 1 saturated heterocycles. The monoisotopic (exact) mass is 204 g/mol. The summed E-state index contributed by atoms with van der Waals surface area (Å²) in [6.45, 7) is -0.216. The number of amides is 2. The number of primary amides is 1. The van der Waals surface area contributed by atoms with Crippen LogP contribution in [0.25, 0.3) is 0 Å². The minimum atomic E-state index is -1.31. The van der Waals surface area contributed by atoms with Gasteiger partial charge >= 0.3 is 0 Å². The molecule has 1 unspecified atom stereocenters. The molecular weight excluding hydrogens is 192 g/mol. The Balaban J connectivity index is 2.42. The van der Waals surface area contributed by atoms with Crippen LogP contribution in [0.2, 0.25) is 0 Å². The number of carbonyl (C=O) groups is 2. The van der Waals surface area contributed by atoms with E-state index in [1.807, 2.05) is 0 Å². The molecule has 6 heteroatoms. The van der Waals surface area contributed by atoms with E-state index in [4.69, 9.17) is 5.73 Å². The Morgan fingerprint density at radius 1 is 1.62 bits per heavy atom. The summed E-state index contributed by atoms with van der Waals surface area (Å²) in [5, 5.41) is 12.0. The Kier molecular flexibility index (Phi) is 3.16. The average Bonchev–Trinajstić information content (AvgIpc) is 2.49. The number of nitrogens with one attached hydrogen (secondary N) is 1. The predicted octanol–water partition coefficient (Wildman–Crippen LogP) is -1.54. The molecule has 0 aromatic rings. The van der Waals surface area contributed by atoms with Crippen LogP contribution >= 0.6 is 11.8 Å². The molecule has 1 rings (SSSR count). The van der Waals surface area contributed by atoms with Crippen LogP contribution in [0.1, 0.15) is 6.42 Å². The molecule has 0 spiro atoms. The van der Waals surface area contributed by atoms with E-state index in [9.17, 15) is 14.7 Å². The maximum Gasteiger partial charge on any atom is 0.253 e. The molecule has 2 amide bonds. The summed E-state index contributed by atoms with van der Waals surface area (Å²) in [5.74, 6) is 0.0388. The molecule has 0 aliphatic carbocycles. The van der Waals surface area contributed by atoms with Crippen LogP contribution in [0.4, 0.5) is 0 Å². The lowest BCUT2D eigenvalue weighted by Crippen LogP contribution is -2.49. The second-order valence-electron chi connectivity index (χ2n) is 2.98. The third-order valence-electron chi connectivity index (χ3n) is 1.85.